The summed E-state index contributed by atoms with van der Waals surface area (Å²) in [5.41, 5.74) is 2.76. The fourth-order valence-corrected chi connectivity index (χ4v) is 6.73. The molecule has 6 heteroatoms. The number of hydrogen-bond acceptors (Lipinski definition) is 5. The molecule has 5 rings (SSSR count). The van der Waals surface area contributed by atoms with Gasteiger partial charge in [-0.1, -0.05) is 41.1 Å². The molecule has 0 saturated heterocycles. The highest BCUT2D eigenvalue weighted by atomic mass is 35.5. The van der Waals surface area contributed by atoms with Gasteiger partial charge in [-0.2, -0.15) is 0 Å². The maximum absolute atomic E-state index is 6.00. The first-order valence-electron chi connectivity index (χ1n) is 9.60. The molecule has 29 heavy (non-hydrogen) atoms. The molecule has 1 aliphatic carbocycles. The number of halogens is 1. The number of aryl methyl sites for hydroxylation is 3. The largest absolute Gasteiger partial charge is 0.225 e. The highest BCUT2D eigenvalue weighted by Crippen LogP contribution is 2.42. The van der Waals surface area contributed by atoms with E-state index < -0.39 is 0 Å². The molecule has 0 saturated carbocycles. The monoisotopic (exact) mass is 454 g/mol. The fourth-order valence-electron chi connectivity index (χ4n) is 3.54. The second-order valence-electron chi connectivity index (χ2n) is 7.14. The van der Waals surface area contributed by atoms with Crippen molar-refractivity contribution >= 4 is 56.7 Å². The molecule has 2 nitrogen and oxygen atoms in total. The summed E-state index contributed by atoms with van der Waals surface area (Å²) >= 11 is 11.4. The SMILES string of the molecule is Cc1ccc(Sc2nc(CSc3ccc(Cl)cc3)nc3sc4c(c23)CCC4)cc1. The van der Waals surface area contributed by atoms with Crippen LogP contribution in [0.1, 0.15) is 28.2 Å². The highest BCUT2D eigenvalue weighted by Gasteiger charge is 2.23. The van der Waals surface area contributed by atoms with Crippen LogP contribution in [-0.2, 0) is 18.6 Å². The van der Waals surface area contributed by atoms with E-state index in [0.717, 1.165) is 32.9 Å². The van der Waals surface area contributed by atoms with Crippen LogP contribution < -0.4 is 0 Å². The molecule has 0 aliphatic heterocycles. The van der Waals surface area contributed by atoms with Crippen molar-refractivity contribution in [1.82, 2.24) is 9.97 Å². The standard InChI is InChI=1S/C23H19ClN2S3/c1-14-5-9-17(10-6-14)28-22-21-18-3-2-4-19(18)29-23(21)26-20(25-22)13-27-16-11-7-15(24)8-12-16/h5-12H,2-4,13H2,1H3. The summed E-state index contributed by atoms with van der Waals surface area (Å²) in [4.78, 5) is 15.0. The first-order chi connectivity index (χ1) is 14.2. The Morgan fingerprint density at radius 3 is 2.52 bits per heavy atom. The predicted octanol–water partition coefficient (Wildman–Crippen LogP) is 7.59. The summed E-state index contributed by atoms with van der Waals surface area (Å²) in [6, 6.07) is 16.6. The third-order valence-electron chi connectivity index (χ3n) is 4.99. The van der Waals surface area contributed by atoms with Gasteiger partial charge in [0.05, 0.1) is 5.75 Å². The number of benzene rings is 2. The van der Waals surface area contributed by atoms with Gasteiger partial charge in [-0.25, -0.2) is 9.97 Å². The molecule has 4 aromatic rings. The normalized spacial score (nSPS) is 13.2. The second kappa shape index (κ2) is 8.31. The lowest BCUT2D eigenvalue weighted by atomic mass is 10.2. The Bertz CT molecular complexity index is 1170. The van der Waals surface area contributed by atoms with E-state index in [9.17, 15) is 0 Å². The minimum atomic E-state index is 0.752. The van der Waals surface area contributed by atoms with E-state index in [-0.39, 0.29) is 0 Å². The van der Waals surface area contributed by atoms with Crippen molar-refractivity contribution in [2.45, 2.75) is 46.8 Å². The molecule has 1 aliphatic rings. The minimum Gasteiger partial charge on any atom is -0.225 e. The molecule has 2 aromatic carbocycles. The topological polar surface area (TPSA) is 25.8 Å². The van der Waals surface area contributed by atoms with Gasteiger partial charge in [0.25, 0.3) is 0 Å². The molecular weight excluding hydrogens is 436 g/mol. The Morgan fingerprint density at radius 1 is 0.966 bits per heavy atom. The molecule has 0 amide bonds. The lowest BCUT2D eigenvalue weighted by Crippen LogP contribution is -1.96. The number of thiophene rings is 1. The van der Waals surface area contributed by atoms with Gasteiger partial charge in [0.2, 0.25) is 0 Å². The van der Waals surface area contributed by atoms with E-state index >= 15 is 0 Å². The Balaban J connectivity index is 1.50. The molecule has 0 atom stereocenters. The van der Waals surface area contributed by atoms with Crippen molar-refractivity contribution in [3.63, 3.8) is 0 Å². The fraction of sp³-hybridized carbons (Fsp3) is 0.217. The molecular formula is C23H19ClN2S3. The van der Waals surface area contributed by atoms with Crippen LogP contribution >= 0.6 is 46.5 Å². The Hall–Kier alpha value is -1.53. The highest BCUT2D eigenvalue weighted by molar-refractivity contribution is 7.99. The van der Waals surface area contributed by atoms with E-state index in [4.69, 9.17) is 21.6 Å². The maximum Gasteiger partial charge on any atom is 0.141 e. The lowest BCUT2D eigenvalue weighted by molar-refractivity contribution is 0.913. The zero-order valence-corrected chi connectivity index (χ0v) is 19.1. The van der Waals surface area contributed by atoms with Crippen molar-refractivity contribution < 1.29 is 0 Å². The zero-order chi connectivity index (χ0) is 19.8. The third kappa shape index (κ3) is 4.19. The third-order valence-corrected chi connectivity index (χ3v) is 8.44. The quantitative estimate of drug-likeness (QED) is 0.229. The van der Waals surface area contributed by atoms with Crippen LogP contribution in [0, 0.1) is 6.92 Å². The summed E-state index contributed by atoms with van der Waals surface area (Å²) in [6.07, 6.45) is 3.58. The van der Waals surface area contributed by atoms with Crippen molar-refractivity contribution in [3.05, 3.63) is 75.4 Å². The Morgan fingerprint density at radius 2 is 1.72 bits per heavy atom. The maximum atomic E-state index is 6.00. The van der Waals surface area contributed by atoms with Crippen LogP contribution in [0.25, 0.3) is 10.2 Å². The Kier molecular flexibility index (Phi) is 5.57. The van der Waals surface area contributed by atoms with Crippen molar-refractivity contribution in [2.24, 2.45) is 0 Å². The van der Waals surface area contributed by atoms with Gasteiger partial charge in [0.1, 0.15) is 15.7 Å². The van der Waals surface area contributed by atoms with Crippen LogP contribution in [-0.4, -0.2) is 9.97 Å². The Labute approximate surface area is 188 Å². The van der Waals surface area contributed by atoms with E-state index in [2.05, 4.69) is 31.2 Å². The summed E-state index contributed by atoms with van der Waals surface area (Å²) in [5.74, 6) is 1.65. The average molecular weight is 455 g/mol. The number of aromatic nitrogens is 2. The van der Waals surface area contributed by atoms with Gasteiger partial charge in [0, 0.05) is 25.1 Å². The number of nitrogens with zero attached hydrogens (tertiary/aromatic N) is 2. The first kappa shape index (κ1) is 19.4. The van der Waals surface area contributed by atoms with Crippen LogP contribution in [0.4, 0.5) is 0 Å². The number of rotatable bonds is 5. The van der Waals surface area contributed by atoms with E-state index in [1.807, 2.05) is 35.6 Å². The van der Waals surface area contributed by atoms with E-state index in [1.54, 1.807) is 23.5 Å². The lowest BCUT2D eigenvalue weighted by Gasteiger charge is -2.08. The number of thioether (sulfide) groups is 1. The van der Waals surface area contributed by atoms with Gasteiger partial charge < -0.3 is 0 Å². The minimum absolute atomic E-state index is 0.752. The average Bonchev–Trinajstić information content (AvgIpc) is 3.30. The molecule has 0 N–H and O–H groups in total. The van der Waals surface area contributed by atoms with Gasteiger partial charge in [-0.05, 0) is 68.1 Å². The van der Waals surface area contributed by atoms with Gasteiger partial charge >= 0.3 is 0 Å². The van der Waals surface area contributed by atoms with Crippen molar-refractivity contribution in [1.29, 1.82) is 0 Å². The zero-order valence-electron chi connectivity index (χ0n) is 15.9. The van der Waals surface area contributed by atoms with Crippen molar-refractivity contribution in [2.75, 3.05) is 0 Å². The second-order valence-corrected chi connectivity index (χ2v) is 10.8. The molecule has 0 radical (unpaired) electrons. The molecule has 146 valence electrons. The molecule has 0 unspecified atom stereocenters. The van der Waals surface area contributed by atoms with Crippen LogP contribution in [0.15, 0.2) is 63.3 Å². The molecule has 0 fully saturated rings. The summed E-state index contributed by atoms with van der Waals surface area (Å²) in [7, 11) is 0. The van der Waals surface area contributed by atoms with Gasteiger partial charge in [-0.3, -0.25) is 0 Å². The molecule has 0 bridgehead atoms. The van der Waals surface area contributed by atoms with Gasteiger partial charge in [-0.15, -0.1) is 23.1 Å². The summed E-state index contributed by atoms with van der Waals surface area (Å²) < 4.78 is 0. The molecule has 2 heterocycles. The summed E-state index contributed by atoms with van der Waals surface area (Å²) in [6.45, 7) is 2.12. The first-order valence-corrected chi connectivity index (χ1v) is 12.6. The smallest absolute Gasteiger partial charge is 0.141 e. The molecule has 2 aromatic heterocycles. The summed E-state index contributed by atoms with van der Waals surface area (Å²) in [5, 5.41) is 3.15. The van der Waals surface area contributed by atoms with E-state index in [0.29, 0.717) is 0 Å². The number of fused-ring (bicyclic) bond motifs is 3. The predicted molar refractivity (Wildman–Crippen MR) is 126 cm³/mol. The molecule has 0 spiro atoms. The van der Waals surface area contributed by atoms with Gasteiger partial charge in [0.15, 0.2) is 0 Å². The van der Waals surface area contributed by atoms with Crippen molar-refractivity contribution in [3.8, 4) is 0 Å². The number of hydrogen-bond donors (Lipinski definition) is 0. The van der Waals surface area contributed by atoms with E-state index in [1.165, 1.54) is 44.0 Å². The van der Waals surface area contributed by atoms with Crippen LogP contribution in [0.5, 0.6) is 0 Å². The van der Waals surface area contributed by atoms with Crippen LogP contribution in [0.2, 0.25) is 5.02 Å². The van der Waals surface area contributed by atoms with Crippen LogP contribution in [0.3, 0.4) is 0 Å².